The number of hydrogen-bond acceptors (Lipinski definition) is 3. The van der Waals surface area contributed by atoms with Crippen molar-refractivity contribution in [3.8, 4) is 5.75 Å². The maximum Gasteiger partial charge on any atom is 0.329 e. The molecule has 2 aromatic carbocycles. The predicted octanol–water partition coefficient (Wildman–Crippen LogP) is 3.08. The molecule has 1 amide bonds. The van der Waals surface area contributed by atoms with Crippen molar-refractivity contribution in [1.82, 2.24) is 5.32 Å². The van der Waals surface area contributed by atoms with Crippen LogP contribution in [0.5, 0.6) is 5.75 Å². The Labute approximate surface area is 140 Å². The predicted molar refractivity (Wildman–Crippen MR) is 91.3 cm³/mol. The summed E-state index contributed by atoms with van der Waals surface area (Å²) < 4.78 is 5.21. The number of carboxylic acids is 1. The number of carbonyl (C=O) groups is 2. The molecule has 1 atom stereocenters. The SMILES string of the molecule is COc1ccc2cc(C(C)C(=O)NC3(C(=O)O)CCC3)ccc2c1. The van der Waals surface area contributed by atoms with E-state index >= 15 is 0 Å². The summed E-state index contributed by atoms with van der Waals surface area (Å²) in [5.41, 5.74) is -0.208. The van der Waals surface area contributed by atoms with Crippen LogP contribution in [0.15, 0.2) is 36.4 Å². The molecule has 2 aromatic rings. The quantitative estimate of drug-likeness (QED) is 0.885. The molecule has 0 spiro atoms. The van der Waals surface area contributed by atoms with Crippen molar-refractivity contribution in [2.75, 3.05) is 7.11 Å². The molecular formula is C19H21NO4. The Morgan fingerprint density at radius 1 is 1.17 bits per heavy atom. The first-order valence-corrected chi connectivity index (χ1v) is 8.08. The summed E-state index contributed by atoms with van der Waals surface area (Å²) in [6.45, 7) is 1.80. The lowest BCUT2D eigenvalue weighted by atomic mass is 9.76. The van der Waals surface area contributed by atoms with E-state index in [1.165, 1.54) is 0 Å². The van der Waals surface area contributed by atoms with Crippen LogP contribution in [0, 0.1) is 0 Å². The number of hydrogen-bond donors (Lipinski definition) is 2. The third-order valence-electron chi connectivity index (χ3n) is 4.94. The number of ether oxygens (including phenoxy) is 1. The van der Waals surface area contributed by atoms with Gasteiger partial charge in [0.2, 0.25) is 5.91 Å². The van der Waals surface area contributed by atoms with Crippen molar-refractivity contribution in [3.63, 3.8) is 0 Å². The van der Waals surface area contributed by atoms with E-state index < -0.39 is 17.4 Å². The van der Waals surface area contributed by atoms with Crippen molar-refractivity contribution in [2.45, 2.75) is 37.6 Å². The number of rotatable bonds is 5. The third kappa shape index (κ3) is 2.82. The van der Waals surface area contributed by atoms with Gasteiger partial charge in [0.1, 0.15) is 11.3 Å². The van der Waals surface area contributed by atoms with Crippen LogP contribution in [0.25, 0.3) is 10.8 Å². The van der Waals surface area contributed by atoms with Crippen LogP contribution in [0.2, 0.25) is 0 Å². The minimum Gasteiger partial charge on any atom is -0.497 e. The van der Waals surface area contributed by atoms with Gasteiger partial charge in [-0.05, 0) is 54.7 Å². The molecule has 24 heavy (non-hydrogen) atoms. The van der Waals surface area contributed by atoms with Gasteiger partial charge in [0.05, 0.1) is 13.0 Å². The lowest BCUT2D eigenvalue weighted by Crippen LogP contribution is -2.59. The van der Waals surface area contributed by atoms with Crippen molar-refractivity contribution >= 4 is 22.6 Å². The number of fused-ring (bicyclic) bond motifs is 1. The zero-order valence-electron chi connectivity index (χ0n) is 13.8. The average molecular weight is 327 g/mol. The van der Waals surface area contributed by atoms with E-state index in [1.54, 1.807) is 14.0 Å². The molecule has 0 aliphatic heterocycles. The molecule has 1 aliphatic carbocycles. The van der Waals surface area contributed by atoms with Crippen LogP contribution in [-0.2, 0) is 9.59 Å². The Hall–Kier alpha value is -2.56. The molecule has 5 heteroatoms. The van der Waals surface area contributed by atoms with Crippen LogP contribution in [0.1, 0.15) is 37.7 Å². The summed E-state index contributed by atoms with van der Waals surface area (Å²) in [5.74, 6) is -0.812. The molecule has 1 saturated carbocycles. The van der Waals surface area contributed by atoms with Crippen LogP contribution in [-0.4, -0.2) is 29.6 Å². The summed E-state index contributed by atoms with van der Waals surface area (Å²) in [7, 11) is 1.63. The Morgan fingerprint density at radius 3 is 2.42 bits per heavy atom. The molecule has 126 valence electrons. The molecule has 2 N–H and O–H groups in total. The van der Waals surface area contributed by atoms with Gasteiger partial charge in [-0.3, -0.25) is 4.79 Å². The first-order valence-electron chi connectivity index (χ1n) is 8.08. The van der Waals surface area contributed by atoms with Gasteiger partial charge in [-0.15, -0.1) is 0 Å². The monoisotopic (exact) mass is 327 g/mol. The van der Waals surface area contributed by atoms with Gasteiger partial charge >= 0.3 is 5.97 Å². The Morgan fingerprint density at radius 2 is 1.83 bits per heavy atom. The van der Waals surface area contributed by atoms with Crippen molar-refractivity contribution in [1.29, 1.82) is 0 Å². The fraction of sp³-hybridized carbons (Fsp3) is 0.368. The first kappa shape index (κ1) is 16.3. The highest BCUT2D eigenvalue weighted by molar-refractivity contribution is 5.92. The van der Waals surface area contributed by atoms with E-state index in [1.807, 2.05) is 36.4 Å². The number of aliphatic carboxylic acids is 1. The number of nitrogens with one attached hydrogen (secondary N) is 1. The Kier molecular flexibility index (Phi) is 4.18. The standard InChI is InChI=1S/C19H21NO4/c1-12(17(21)20-19(18(22)23)8-3-9-19)13-4-5-15-11-16(24-2)7-6-14(15)10-13/h4-7,10-12H,3,8-9H2,1-2H3,(H,20,21)(H,22,23). The molecule has 0 aromatic heterocycles. The number of carboxylic acid groups (broad SMARTS) is 1. The van der Waals surface area contributed by atoms with E-state index in [0.717, 1.165) is 28.5 Å². The first-order chi connectivity index (χ1) is 11.4. The third-order valence-corrected chi connectivity index (χ3v) is 4.94. The second kappa shape index (κ2) is 6.15. The Balaban J connectivity index is 1.81. The van der Waals surface area contributed by atoms with E-state index in [-0.39, 0.29) is 5.91 Å². The minimum atomic E-state index is -1.07. The van der Waals surface area contributed by atoms with Gasteiger partial charge in [-0.1, -0.05) is 24.3 Å². The number of methoxy groups -OCH3 is 1. The molecule has 0 bridgehead atoms. The highest BCUT2D eigenvalue weighted by Gasteiger charge is 2.46. The summed E-state index contributed by atoms with van der Waals surface area (Å²) in [6.07, 6.45) is 1.83. The highest BCUT2D eigenvalue weighted by atomic mass is 16.5. The van der Waals surface area contributed by atoms with Crippen LogP contribution >= 0.6 is 0 Å². The largest absolute Gasteiger partial charge is 0.497 e. The summed E-state index contributed by atoms with van der Waals surface area (Å²) in [6, 6.07) is 11.6. The summed E-state index contributed by atoms with van der Waals surface area (Å²) in [5, 5.41) is 14.1. The van der Waals surface area contributed by atoms with E-state index in [0.29, 0.717) is 12.8 Å². The number of benzene rings is 2. The molecule has 5 nitrogen and oxygen atoms in total. The van der Waals surface area contributed by atoms with Gasteiger partial charge in [-0.2, -0.15) is 0 Å². The molecular weight excluding hydrogens is 306 g/mol. The molecule has 0 radical (unpaired) electrons. The minimum absolute atomic E-state index is 0.245. The average Bonchev–Trinajstić information content (AvgIpc) is 2.55. The van der Waals surface area contributed by atoms with Gasteiger partial charge in [0.25, 0.3) is 0 Å². The zero-order chi connectivity index (χ0) is 17.3. The molecule has 0 saturated heterocycles. The highest BCUT2D eigenvalue weighted by Crippen LogP contribution is 2.33. The normalized spacial score (nSPS) is 16.9. The van der Waals surface area contributed by atoms with Gasteiger partial charge in [-0.25, -0.2) is 4.79 Å². The van der Waals surface area contributed by atoms with Gasteiger partial charge in [0, 0.05) is 0 Å². The lowest BCUT2D eigenvalue weighted by Gasteiger charge is -2.39. The topological polar surface area (TPSA) is 75.6 Å². The van der Waals surface area contributed by atoms with E-state index in [4.69, 9.17) is 4.74 Å². The van der Waals surface area contributed by atoms with E-state index in [9.17, 15) is 14.7 Å². The summed E-state index contributed by atoms with van der Waals surface area (Å²) in [4.78, 5) is 23.9. The molecule has 3 rings (SSSR count). The Bertz CT molecular complexity index is 795. The second-order valence-electron chi connectivity index (χ2n) is 6.42. The van der Waals surface area contributed by atoms with Crippen molar-refractivity contribution in [2.24, 2.45) is 0 Å². The summed E-state index contributed by atoms with van der Waals surface area (Å²) >= 11 is 0. The molecule has 0 heterocycles. The van der Waals surface area contributed by atoms with Crippen molar-refractivity contribution < 1.29 is 19.4 Å². The molecule has 1 fully saturated rings. The van der Waals surface area contributed by atoms with Crippen molar-refractivity contribution in [3.05, 3.63) is 42.0 Å². The smallest absolute Gasteiger partial charge is 0.329 e. The fourth-order valence-corrected chi connectivity index (χ4v) is 3.06. The lowest BCUT2D eigenvalue weighted by molar-refractivity contribution is -0.152. The van der Waals surface area contributed by atoms with E-state index in [2.05, 4.69) is 5.32 Å². The van der Waals surface area contributed by atoms with Crippen LogP contribution in [0.3, 0.4) is 0 Å². The van der Waals surface area contributed by atoms with Crippen LogP contribution in [0.4, 0.5) is 0 Å². The van der Waals surface area contributed by atoms with Crippen LogP contribution < -0.4 is 10.1 Å². The maximum atomic E-state index is 12.5. The zero-order valence-corrected chi connectivity index (χ0v) is 13.8. The fourth-order valence-electron chi connectivity index (χ4n) is 3.06. The number of amides is 1. The number of carbonyl (C=O) groups excluding carboxylic acids is 1. The molecule has 1 aliphatic rings. The van der Waals surface area contributed by atoms with Gasteiger partial charge in [0.15, 0.2) is 0 Å². The van der Waals surface area contributed by atoms with Gasteiger partial charge < -0.3 is 15.2 Å². The molecule has 1 unspecified atom stereocenters. The second-order valence-corrected chi connectivity index (χ2v) is 6.42. The maximum absolute atomic E-state index is 12.5.